The van der Waals surface area contributed by atoms with Crippen LogP contribution in [0.3, 0.4) is 0 Å². The zero-order valence-electron chi connectivity index (χ0n) is 23.7. The number of nitrogens with zero attached hydrogens (tertiary/aromatic N) is 2. The smallest absolute Gasteiger partial charge is 0.414 e. The average Bonchev–Trinajstić information content (AvgIpc) is 2.78. The van der Waals surface area contributed by atoms with Gasteiger partial charge in [-0.2, -0.15) is 0 Å². The second-order valence-electron chi connectivity index (χ2n) is 10.9. The summed E-state index contributed by atoms with van der Waals surface area (Å²) in [6.45, 7) is 14.5. The summed E-state index contributed by atoms with van der Waals surface area (Å²) in [5.41, 5.74) is -0.821. The Morgan fingerprint density at radius 3 is 1.13 bits per heavy atom. The molecule has 0 unspecified atom stereocenters. The number of hydrogen-bond donors (Lipinski definition) is 6. The van der Waals surface area contributed by atoms with Crippen LogP contribution in [0.25, 0.3) is 0 Å². The summed E-state index contributed by atoms with van der Waals surface area (Å²) in [5.74, 6) is -3.65. The van der Waals surface area contributed by atoms with Crippen molar-refractivity contribution >= 4 is 24.1 Å². The molecule has 6 N–H and O–H groups in total. The highest BCUT2D eigenvalue weighted by atomic mass is 16.5. The van der Waals surface area contributed by atoms with Crippen molar-refractivity contribution < 1.29 is 49.1 Å². The molecule has 14 nitrogen and oxygen atoms in total. The summed E-state index contributed by atoms with van der Waals surface area (Å²) in [4.78, 5) is 43.9. The molecule has 0 radical (unpaired) electrons. The number of amides is 2. The number of carboxylic acid groups (broad SMARTS) is 4. The summed E-state index contributed by atoms with van der Waals surface area (Å²) in [7, 11) is 3.29. The minimum Gasteiger partial charge on any atom is -0.473 e. The van der Waals surface area contributed by atoms with E-state index in [9.17, 15) is 19.8 Å². The SMILES string of the molecule is CO[C@@H]1CCNC[C@H]1N(C(=O)O)C(C)(C)C.CO[C@@H]1CCNC[C@H]1N(C(=O)O)C(C)(C)C.O=C(O)C(=O)O. The lowest BCUT2D eigenvalue weighted by atomic mass is 9.96. The van der Waals surface area contributed by atoms with Crippen LogP contribution >= 0.6 is 0 Å². The number of aliphatic carboxylic acids is 2. The number of carbonyl (C=O) groups is 4. The lowest BCUT2D eigenvalue weighted by Gasteiger charge is -2.44. The molecule has 2 amide bonds. The zero-order valence-corrected chi connectivity index (χ0v) is 23.7. The highest BCUT2D eigenvalue weighted by Gasteiger charge is 2.40. The van der Waals surface area contributed by atoms with Crippen molar-refractivity contribution in [2.75, 3.05) is 40.4 Å². The monoisotopic (exact) mass is 550 g/mol. The Kier molecular flexibility index (Phi) is 14.6. The maximum atomic E-state index is 11.3. The molecule has 2 fully saturated rings. The van der Waals surface area contributed by atoms with Gasteiger partial charge >= 0.3 is 24.1 Å². The molecule has 38 heavy (non-hydrogen) atoms. The van der Waals surface area contributed by atoms with Gasteiger partial charge in [-0.05, 0) is 67.5 Å². The van der Waals surface area contributed by atoms with Crippen molar-refractivity contribution in [1.29, 1.82) is 0 Å². The Morgan fingerprint density at radius 2 is 0.947 bits per heavy atom. The van der Waals surface area contributed by atoms with Gasteiger partial charge in [0.2, 0.25) is 0 Å². The molecule has 2 aliphatic heterocycles. The third-order valence-corrected chi connectivity index (χ3v) is 6.09. The fourth-order valence-electron chi connectivity index (χ4n) is 4.55. The van der Waals surface area contributed by atoms with Crippen molar-refractivity contribution in [1.82, 2.24) is 20.4 Å². The first kappa shape index (κ1) is 35.3. The number of piperidine rings is 2. The molecule has 4 atom stereocenters. The summed E-state index contributed by atoms with van der Waals surface area (Å²) >= 11 is 0. The highest BCUT2D eigenvalue weighted by Crippen LogP contribution is 2.24. The van der Waals surface area contributed by atoms with E-state index in [1.807, 2.05) is 41.5 Å². The molecule has 0 aromatic heterocycles. The predicted molar refractivity (Wildman–Crippen MR) is 139 cm³/mol. The van der Waals surface area contributed by atoms with Crippen molar-refractivity contribution in [2.24, 2.45) is 0 Å². The van der Waals surface area contributed by atoms with Crippen molar-refractivity contribution in [3.8, 4) is 0 Å². The molecule has 0 spiro atoms. The second-order valence-corrected chi connectivity index (χ2v) is 10.9. The van der Waals surface area contributed by atoms with Crippen molar-refractivity contribution in [3.63, 3.8) is 0 Å². The lowest BCUT2D eigenvalue weighted by Crippen LogP contribution is -2.61. The van der Waals surface area contributed by atoms with Crippen LogP contribution < -0.4 is 10.6 Å². The Morgan fingerprint density at radius 1 is 0.658 bits per heavy atom. The first-order valence-corrected chi connectivity index (χ1v) is 12.4. The van der Waals surface area contributed by atoms with E-state index in [-0.39, 0.29) is 24.3 Å². The molecule has 2 heterocycles. The van der Waals surface area contributed by atoms with E-state index >= 15 is 0 Å². The first-order chi connectivity index (χ1) is 17.4. The molecule has 2 rings (SSSR count). The molecule has 0 saturated carbocycles. The van der Waals surface area contributed by atoms with Crippen LogP contribution in [0.5, 0.6) is 0 Å². The number of carboxylic acids is 2. The van der Waals surface area contributed by atoms with Gasteiger partial charge in [0.05, 0.1) is 24.3 Å². The van der Waals surface area contributed by atoms with Crippen LogP contribution in [-0.4, -0.2) is 130 Å². The minimum atomic E-state index is -1.82. The van der Waals surface area contributed by atoms with Gasteiger partial charge in [-0.1, -0.05) is 0 Å². The van der Waals surface area contributed by atoms with Gasteiger partial charge in [0.15, 0.2) is 0 Å². The van der Waals surface area contributed by atoms with Crippen LogP contribution in [0.2, 0.25) is 0 Å². The van der Waals surface area contributed by atoms with E-state index in [4.69, 9.17) is 29.3 Å². The van der Waals surface area contributed by atoms with Gasteiger partial charge in [0, 0.05) is 38.4 Å². The maximum absolute atomic E-state index is 11.3. The fourth-order valence-corrected chi connectivity index (χ4v) is 4.55. The van der Waals surface area contributed by atoms with Gasteiger partial charge in [-0.3, -0.25) is 9.80 Å². The molecular weight excluding hydrogens is 504 g/mol. The van der Waals surface area contributed by atoms with Crippen LogP contribution in [0.4, 0.5) is 9.59 Å². The normalized spacial score (nSPS) is 23.5. The van der Waals surface area contributed by atoms with Gasteiger partial charge in [-0.25, -0.2) is 19.2 Å². The number of rotatable bonds is 4. The number of ether oxygens (including phenoxy) is 2. The maximum Gasteiger partial charge on any atom is 0.414 e. The fraction of sp³-hybridized carbons (Fsp3) is 0.833. The van der Waals surface area contributed by atoms with Gasteiger partial charge in [0.1, 0.15) is 0 Å². The molecule has 0 bridgehead atoms. The lowest BCUT2D eigenvalue weighted by molar-refractivity contribution is -0.159. The van der Waals surface area contributed by atoms with Gasteiger partial charge < -0.3 is 40.5 Å². The number of methoxy groups -OCH3 is 2. The minimum absolute atomic E-state index is 0.0171. The average molecular weight is 551 g/mol. The Labute approximate surface area is 224 Å². The molecule has 2 aliphatic rings. The Hall–Kier alpha value is -2.68. The van der Waals surface area contributed by atoms with Gasteiger partial charge in [0.25, 0.3) is 0 Å². The molecule has 0 aliphatic carbocycles. The summed E-state index contributed by atoms with van der Waals surface area (Å²) in [5, 5.41) is 39.9. The van der Waals surface area contributed by atoms with Crippen LogP contribution in [0.1, 0.15) is 54.4 Å². The molecular formula is C24H46N4O10. The number of nitrogens with one attached hydrogen (secondary N) is 2. The predicted octanol–water partition coefficient (Wildman–Crippen LogP) is 1.44. The largest absolute Gasteiger partial charge is 0.473 e. The van der Waals surface area contributed by atoms with E-state index in [0.717, 1.165) is 25.9 Å². The molecule has 222 valence electrons. The third kappa shape index (κ3) is 11.4. The Bertz CT molecular complexity index is 717. The molecule has 2 saturated heterocycles. The summed E-state index contributed by atoms with van der Waals surface area (Å²) in [6, 6.07) is -0.229. The van der Waals surface area contributed by atoms with Crippen molar-refractivity contribution in [3.05, 3.63) is 0 Å². The summed E-state index contributed by atoms with van der Waals surface area (Å²) in [6.07, 6.45) is -0.109. The number of hydrogen-bond acceptors (Lipinski definition) is 8. The van der Waals surface area contributed by atoms with E-state index in [2.05, 4.69) is 10.6 Å². The molecule has 14 heteroatoms. The van der Waals surface area contributed by atoms with Gasteiger partial charge in [-0.15, -0.1) is 0 Å². The zero-order chi connectivity index (χ0) is 29.8. The van der Waals surface area contributed by atoms with Crippen molar-refractivity contribution in [2.45, 2.75) is 89.8 Å². The van der Waals surface area contributed by atoms with Crippen LogP contribution in [-0.2, 0) is 19.1 Å². The Balaban J connectivity index is 0.000000596. The van der Waals surface area contributed by atoms with E-state index in [1.54, 1.807) is 14.2 Å². The molecule has 0 aromatic rings. The second kappa shape index (κ2) is 15.7. The van der Waals surface area contributed by atoms with E-state index in [1.165, 1.54) is 9.80 Å². The quantitative estimate of drug-likeness (QED) is 0.276. The summed E-state index contributed by atoms with van der Waals surface area (Å²) < 4.78 is 10.8. The third-order valence-electron chi connectivity index (χ3n) is 6.09. The standard InChI is InChI=1S/2C11H22N2O3.C2H2O4/c2*1-11(2,3)13(10(14)15)8-7-12-6-5-9(8)16-4;3-1(4)2(5)6/h2*8-9,12H,5-7H2,1-4H3,(H,14,15);(H,3,4)(H,5,6)/t2*8-,9-;/m11./s1. The highest BCUT2D eigenvalue weighted by molar-refractivity contribution is 6.27. The van der Waals surface area contributed by atoms with Crippen LogP contribution in [0.15, 0.2) is 0 Å². The van der Waals surface area contributed by atoms with E-state index in [0.29, 0.717) is 13.1 Å². The molecule has 0 aromatic carbocycles. The van der Waals surface area contributed by atoms with E-state index < -0.39 is 35.2 Å². The van der Waals surface area contributed by atoms with Crippen LogP contribution in [0, 0.1) is 0 Å². The topological polar surface area (TPSA) is 198 Å². The first-order valence-electron chi connectivity index (χ1n) is 12.4.